The molecule has 0 aromatic heterocycles. The van der Waals surface area contributed by atoms with Crippen molar-refractivity contribution < 1.29 is 19.7 Å². The van der Waals surface area contributed by atoms with Crippen molar-refractivity contribution in [1.29, 1.82) is 0 Å². The van der Waals surface area contributed by atoms with E-state index in [1.807, 2.05) is 24.3 Å². The van der Waals surface area contributed by atoms with Crippen LogP contribution in [-0.2, 0) is 5.41 Å². The van der Waals surface area contributed by atoms with Crippen LogP contribution < -0.4 is 9.47 Å². The minimum atomic E-state index is -0.622. The molecule has 7 aromatic rings. The van der Waals surface area contributed by atoms with Gasteiger partial charge >= 0.3 is 0 Å². The fourth-order valence-electron chi connectivity index (χ4n) is 7.42. The van der Waals surface area contributed by atoms with Gasteiger partial charge in [0, 0.05) is 0 Å². The minimum absolute atomic E-state index is 0.0397. The smallest absolute Gasteiger partial charge is 0.119 e. The highest BCUT2D eigenvalue weighted by molar-refractivity contribution is 5.90. The molecule has 0 saturated carbocycles. The van der Waals surface area contributed by atoms with E-state index >= 15 is 0 Å². The summed E-state index contributed by atoms with van der Waals surface area (Å²) >= 11 is 0. The van der Waals surface area contributed by atoms with Crippen LogP contribution >= 0.6 is 0 Å². The minimum Gasteiger partial charge on any atom is -0.491 e. The third kappa shape index (κ3) is 5.45. The Morgan fingerprint density at radius 2 is 0.939 bits per heavy atom. The molecule has 0 aliphatic heterocycles. The molecule has 8 rings (SSSR count). The molecule has 0 saturated heterocycles. The summed E-state index contributed by atoms with van der Waals surface area (Å²) in [5, 5.41) is 21.1. The molecule has 0 atom stereocenters. The van der Waals surface area contributed by atoms with Crippen molar-refractivity contribution in [2.75, 3.05) is 26.4 Å². The molecule has 0 heterocycles. The van der Waals surface area contributed by atoms with Gasteiger partial charge in [0.05, 0.1) is 18.6 Å². The lowest BCUT2D eigenvalue weighted by Gasteiger charge is -2.34. The molecular weight excluding hydrogens is 604 g/mol. The zero-order chi connectivity index (χ0) is 33.2. The lowest BCUT2D eigenvalue weighted by atomic mass is 9.67. The summed E-state index contributed by atoms with van der Waals surface area (Å²) in [6.07, 6.45) is 0. The second kappa shape index (κ2) is 13.1. The second-order valence-electron chi connectivity index (χ2n) is 12.4. The van der Waals surface area contributed by atoms with Gasteiger partial charge in [-0.2, -0.15) is 0 Å². The number of fused-ring (bicyclic) bond motifs is 4. The van der Waals surface area contributed by atoms with Crippen LogP contribution in [0, 0.1) is 0 Å². The topological polar surface area (TPSA) is 58.9 Å². The quantitative estimate of drug-likeness (QED) is 0.156. The summed E-state index contributed by atoms with van der Waals surface area (Å²) in [6.45, 7) is 0.407. The first-order chi connectivity index (χ1) is 24.2. The summed E-state index contributed by atoms with van der Waals surface area (Å²) < 4.78 is 11.5. The van der Waals surface area contributed by atoms with Crippen LogP contribution in [0.2, 0.25) is 0 Å². The van der Waals surface area contributed by atoms with E-state index in [0.717, 1.165) is 22.3 Å². The maximum Gasteiger partial charge on any atom is 0.119 e. The van der Waals surface area contributed by atoms with E-state index in [2.05, 4.69) is 133 Å². The van der Waals surface area contributed by atoms with Gasteiger partial charge in [-0.15, -0.1) is 0 Å². The van der Waals surface area contributed by atoms with Crippen molar-refractivity contribution in [2.24, 2.45) is 0 Å². The Labute approximate surface area is 286 Å². The number of ether oxygens (including phenoxy) is 2. The number of aliphatic hydroxyl groups excluding tert-OH is 2. The van der Waals surface area contributed by atoms with Gasteiger partial charge in [0.25, 0.3) is 0 Å². The lowest BCUT2D eigenvalue weighted by molar-refractivity contribution is 0.201. The van der Waals surface area contributed by atoms with Crippen LogP contribution in [0.3, 0.4) is 0 Å². The van der Waals surface area contributed by atoms with Gasteiger partial charge < -0.3 is 19.7 Å². The fraction of sp³-hybridized carbons (Fsp3) is 0.111. The third-order valence-electron chi connectivity index (χ3n) is 9.62. The molecule has 240 valence electrons. The zero-order valence-corrected chi connectivity index (χ0v) is 27.1. The highest BCUT2D eigenvalue weighted by Gasteiger charge is 2.46. The normalized spacial score (nSPS) is 12.8. The van der Waals surface area contributed by atoms with E-state index in [-0.39, 0.29) is 26.4 Å². The van der Waals surface area contributed by atoms with Crippen molar-refractivity contribution in [1.82, 2.24) is 0 Å². The van der Waals surface area contributed by atoms with Crippen molar-refractivity contribution in [3.05, 3.63) is 180 Å². The number of benzene rings is 7. The largest absolute Gasteiger partial charge is 0.491 e. The molecule has 1 aliphatic rings. The zero-order valence-electron chi connectivity index (χ0n) is 27.1. The summed E-state index contributed by atoms with van der Waals surface area (Å²) in [5.41, 5.74) is 11.1. The summed E-state index contributed by atoms with van der Waals surface area (Å²) in [6, 6.07) is 56.0. The maximum absolute atomic E-state index is 9.33. The summed E-state index contributed by atoms with van der Waals surface area (Å²) in [4.78, 5) is 0. The Morgan fingerprint density at radius 1 is 0.408 bits per heavy atom. The molecule has 49 heavy (non-hydrogen) atoms. The van der Waals surface area contributed by atoms with Crippen LogP contribution in [0.1, 0.15) is 22.3 Å². The van der Waals surface area contributed by atoms with Crippen LogP contribution in [-0.4, -0.2) is 36.6 Å². The molecule has 1 aliphatic carbocycles. The highest BCUT2D eigenvalue weighted by atomic mass is 16.5. The van der Waals surface area contributed by atoms with Crippen molar-refractivity contribution >= 4 is 10.8 Å². The third-order valence-corrected chi connectivity index (χ3v) is 9.62. The van der Waals surface area contributed by atoms with Gasteiger partial charge in [0.1, 0.15) is 24.7 Å². The van der Waals surface area contributed by atoms with Crippen LogP contribution in [0.25, 0.3) is 44.2 Å². The van der Waals surface area contributed by atoms with Gasteiger partial charge in [-0.1, -0.05) is 115 Å². The number of rotatable bonds is 10. The van der Waals surface area contributed by atoms with Gasteiger partial charge in [0.15, 0.2) is 0 Å². The van der Waals surface area contributed by atoms with Crippen molar-refractivity contribution in [2.45, 2.75) is 5.41 Å². The first kappa shape index (κ1) is 30.6. The van der Waals surface area contributed by atoms with Gasteiger partial charge in [0.2, 0.25) is 0 Å². The van der Waals surface area contributed by atoms with E-state index in [4.69, 9.17) is 9.47 Å². The first-order valence-corrected chi connectivity index (χ1v) is 16.7. The molecule has 2 N–H and O–H groups in total. The molecule has 0 amide bonds. The first-order valence-electron chi connectivity index (χ1n) is 16.7. The number of aliphatic hydroxyl groups is 2. The molecule has 4 heteroatoms. The molecule has 0 fully saturated rings. The monoisotopic (exact) mass is 640 g/mol. The number of hydrogen-bond acceptors (Lipinski definition) is 4. The van der Waals surface area contributed by atoms with E-state index in [1.54, 1.807) is 0 Å². The SMILES string of the molecule is OCCOc1ccc(C2(c3ccc(OCCO)cc3)c3ccccc3-c3ccc(-c4cccc(-c5ccc6ccccc6c5)c4)cc32)cc1. The van der Waals surface area contributed by atoms with E-state index in [0.29, 0.717) is 11.5 Å². The Kier molecular flexibility index (Phi) is 8.18. The molecule has 4 nitrogen and oxygen atoms in total. The Bertz CT molecular complexity index is 2200. The van der Waals surface area contributed by atoms with E-state index in [1.165, 1.54) is 44.2 Å². The van der Waals surface area contributed by atoms with Crippen molar-refractivity contribution in [3.63, 3.8) is 0 Å². The summed E-state index contributed by atoms with van der Waals surface area (Å²) in [5.74, 6) is 1.43. The Balaban J connectivity index is 1.30. The predicted octanol–water partition coefficient (Wildman–Crippen LogP) is 9.28. The maximum atomic E-state index is 9.33. The average Bonchev–Trinajstić information content (AvgIpc) is 3.47. The van der Waals surface area contributed by atoms with E-state index < -0.39 is 5.41 Å². The van der Waals surface area contributed by atoms with Gasteiger partial charge in [-0.25, -0.2) is 0 Å². The fourth-order valence-corrected chi connectivity index (χ4v) is 7.42. The van der Waals surface area contributed by atoms with Crippen LogP contribution in [0.5, 0.6) is 11.5 Å². The second-order valence-corrected chi connectivity index (χ2v) is 12.4. The molecule has 0 unspecified atom stereocenters. The Morgan fingerprint density at radius 3 is 1.59 bits per heavy atom. The molecule has 0 radical (unpaired) electrons. The lowest BCUT2D eigenvalue weighted by Crippen LogP contribution is -2.28. The van der Waals surface area contributed by atoms with E-state index in [9.17, 15) is 10.2 Å². The molecule has 7 aromatic carbocycles. The number of hydrogen-bond donors (Lipinski definition) is 2. The Hall–Kier alpha value is -5.68. The summed E-state index contributed by atoms with van der Waals surface area (Å²) in [7, 11) is 0. The van der Waals surface area contributed by atoms with Gasteiger partial charge in [-0.05, 0) is 109 Å². The average molecular weight is 641 g/mol. The van der Waals surface area contributed by atoms with Crippen LogP contribution in [0.15, 0.2) is 158 Å². The van der Waals surface area contributed by atoms with Crippen molar-refractivity contribution in [3.8, 4) is 44.9 Å². The van der Waals surface area contributed by atoms with Gasteiger partial charge in [-0.3, -0.25) is 0 Å². The van der Waals surface area contributed by atoms with Crippen LogP contribution in [0.4, 0.5) is 0 Å². The molecule has 0 bridgehead atoms. The predicted molar refractivity (Wildman–Crippen MR) is 197 cm³/mol. The standard InChI is InChI=1S/C45H36O4/c46-24-26-48-39-19-15-37(16-20-39)45(38-17-21-40(22-18-38)49-27-25-47)43-11-4-3-10-41(43)42-23-14-36(30-44(42)45)34-9-5-8-33(29-34)35-13-12-31-6-1-2-7-32(31)28-35/h1-23,28-30,46-47H,24-27H2. The highest BCUT2D eigenvalue weighted by Crippen LogP contribution is 2.57. The molecular formula is C45H36O4. The molecule has 0 spiro atoms.